The predicted molar refractivity (Wildman–Crippen MR) is 106 cm³/mol. The Morgan fingerprint density at radius 2 is 2.00 bits per heavy atom. The van der Waals surface area contributed by atoms with Gasteiger partial charge in [0.25, 0.3) is 0 Å². The molecule has 6 nitrogen and oxygen atoms in total. The second kappa shape index (κ2) is 6.96. The summed E-state index contributed by atoms with van der Waals surface area (Å²) in [4.78, 5) is 9.05. The van der Waals surface area contributed by atoms with Crippen molar-refractivity contribution in [1.29, 1.82) is 0 Å². The molecule has 0 radical (unpaired) electrons. The van der Waals surface area contributed by atoms with Crippen LogP contribution in [-0.4, -0.2) is 39.4 Å². The Balaban J connectivity index is 1.59. The molecule has 4 rings (SSSR count). The first-order valence-electron chi connectivity index (χ1n) is 9.47. The highest BCUT2D eigenvalue weighted by Crippen LogP contribution is 2.32. The molecule has 1 aliphatic rings. The first kappa shape index (κ1) is 17.4. The molecule has 7 heteroatoms. The number of hydrogen-bond acceptors (Lipinski definition) is 4. The van der Waals surface area contributed by atoms with Crippen LogP contribution in [0.3, 0.4) is 0 Å². The number of nitrogens with zero attached hydrogens (tertiary/aromatic N) is 4. The Morgan fingerprint density at radius 3 is 2.85 bits per heavy atom. The first-order chi connectivity index (χ1) is 12.5. The van der Waals surface area contributed by atoms with Gasteiger partial charge in [-0.3, -0.25) is 5.10 Å². The lowest BCUT2D eigenvalue weighted by atomic mass is 9.94. The van der Waals surface area contributed by atoms with Crippen LogP contribution in [0.25, 0.3) is 22.4 Å². The van der Waals surface area contributed by atoms with Crippen LogP contribution in [0.4, 0.5) is 0 Å². The smallest absolute Gasteiger partial charge is 0.145 e. The molecule has 0 bridgehead atoms. The molecule has 3 aromatic rings. The van der Waals surface area contributed by atoms with Crippen LogP contribution in [0.15, 0.2) is 18.6 Å². The van der Waals surface area contributed by atoms with Gasteiger partial charge in [-0.25, -0.2) is 9.97 Å². The van der Waals surface area contributed by atoms with Crippen LogP contribution < -0.4 is 0 Å². The zero-order chi connectivity index (χ0) is 18.1. The van der Waals surface area contributed by atoms with E-state index in [4.69, 9.17) is 4.74 Å². The molecule has 0 unspecified atom stereocenters. The maximum atomic E-state index is 5.90. The third kappa shape index (κ3) is 3.46. The molecule has 0 aliphatic heterocycles. The standard InChI is InChI=1S/C19H27N5OSi/c1-26(2,3)11-10-25-13-24-9-8-15-17(20-12-21-19(15)24)18-14-6-4-5-7-16(14)22-23-18/h8-9,12H,4-7,10-11,13H2,1-3H3,(H,22,23). The summed E-state index contributed by atoms with van der Waals surface area (Å²) in [7, 11) is -1.06. The number of rotatable bonds is 6. The van der Waals surface area contributed by atoms with E-state index < -0.39 is 8.07 Å². The lowest BCUT2D eigenvalue weighted by Gasteiger charge is -2.15. The quantitative estimate of drug-likeness (QED) is 0.526. The molecule has 26 heavy (non-hydrogen) atoms. The van der Waals surface area contributed by atoms with Crippen molar-refractivity contribution in [3.05, 3.63) is 29.8 Å². The van der Waals surface area contributed by atoms with E-state index in [1.165, 1.54) is 30.1 Å². The van der Waals surface area contributed by atoms with E-state index in [-0.39, 0.29) is 0 Å². The van der Waals surface area contributed by atoms with Crippen molar-refractivity contribution >= 4 is 19.1 Å². The van der Waals surface area contributed by atoms with Crippen LogP contribution in [-0.2, 0) is 24.3 Å². The third-order valence-electron chi connectivity index (χ3n) is 5.06. The molecule has 0 fully saturated rings. The number of aromatic amines is 1. The lowest BCUT2D eigenvalue weighted by Crippen LogP contribution is -2.22. The summed E-state index contributed by atoms with van der Waals surface area (Å²) in [6, 6.07) is 3.25. The normalized spacial score (nSPS) is 14.7. The molecule has 3 aromatic heterocycles. The average Bonchev–Trinajstić information content (AvgIpc) is 3.22. The van der Waals surface area contributed by atoms with Gasteiger partial charge in [-0.2, -0.15) is 5.10 Å². The largest absolute Gasteiger partial charge is 0.361 e. The van der Waals surface area contributed by atoms with Gasteiger partial charge in [0.1, 0.15) is 30.1 Å². The van der Waals surface area contributed by atoms with E-state index in [1.807, 2.05) is 6.20 Å². The van der Waals surface area contributed by atoms with Crippen molar-refractivity contribution in [2.24, 2.45) is 0 Å². The van der Waals surface area contributed by atoms with E-state index >= 15 is 0 Å². The molecule has 1 N–H and O–H groups in total. The van der Waals surface area contributed by atoms with Crippen molar-refractivity contribution in [2.45, 2.75) is 58.1 Å². The molecular weight excluding hydrogens is 342 g/mol. The number of H-pyrrole nitrogens is 1. The molecule has 138 valence electrons. The highest BCUT2D eigenvalue weighted by Gasteiger charge is 2.21. The molecule has 0 amide bonds. The summed E-state index contributed by atoms with van der Waals surface area (Å²) < 4.78 is 7.96. The van der Waals surface area contributed by atoms with E-state index in [1.54, 1.807) is 6.33 Å². The number of aryl methyl sites for hydroxylation is 1. The fourth-order valence-corrected chi connectivity index (χ4v) is 4.27. The Bertz CT molecular complexity index is 908. The fourth-order valence-electron chi connectivity index (χ4n) is 3.51. The minimum Gasteiger partial charge on any atom is -0.361 e. The maximum absolute atomic E-state index is 5.90. The first-order valence-corrected chi connectivity index (χ1v) is 13.2. The molecule has 0 atom stereocenters. The van der Waals surface area contributed by atoms with E-state index in [0.717, 1.165) is 41.9 Å². The maximum Gasteiger partial charge on any atom is 0.145 e. The molecule has 1 aliphatic carbocycles. The molecule has 3 heterocycles. The number of ether oxygens (including phenoxy) is 1. The lowest BCUT2D eigenvalue weighted by molar-refractivity contribution is 0.0899. The van der Waals surface area contributed by atoms with Crippen molar-refractivity contribution in [1.82, 2.24) is 24.7 Å². The summed E-state index contributed by atoms with van der Waals surface area (Å²) >= 11 is 0. The van der Waals surface area contributed by atoms with Gasteiger partial charge >= 0.3 is 0 Å². The molecule has 0 saturated heterocycles. The van der Waals surface area contributed by atoms with Crippen LogP contribution >= 0.6 is 0 Å². The Hall–Kier alpha value is -1.99. The van der Waals surface area contributed by atoms with Crippen molar-refractivity contribution in [3.8, 4) is 11.4 Å². The van der Waals surface area contributed by atoms with Gasteiger partial charge < -0.3 is 9.30 Å². The zero-order valence-electron chi connectivity index (χ0n) is 15.9. The van der Waals surface area contributed by atoms with Crippen molar-refractivity contribution < 1.29 is 4.74 Å². The summed E-state index contributed by atoms with van der Waals surface area (Å²) in [6.45, 7) is 8.44. The monoisotopic (exact) mass is 369 g/mol. The summed E-state index contributed by atoms with van der Waals surface area (Å²) in [5.74, 6) is 0. The second-order valence-corrected chi connectivity index (χ2v) is 14.0. The highest BCUT2D eigenvalue weighted by atomic mass is 28.3. The van der Waals surface area contributed by atoms with Crippen LogP contribution in [0.2, 0.25) is 25.7 Å². The predicted octanol–water partition coefficient (Wildman–Crippen LogP) is 4.01. The number of fused-ring (bicyclic) bond motifs is 2. The minimum absolute atomic E-state index is 0.531. The van der Waals surface area contributed by atoms with Crippen molar-refractivity contribution in [3.63, 3.8) is 0 Å². The van der Waals surface area contributed by atoms with Gasteiger partial charge in [-0.1, -0.05) is 19.6 Å². The van der Waals surface area contributed by atoms with Gasteiger partial charge in [-0.15, -0.1) is 0 Å². The van der Waals surface area contributed by atoms with Gasteiger partial charge in [0, 0.05) is 37.5 Å². The summed E-state index contributed by atoms with van der Waals surface area (Å²) in [5.41, 5.74) is 5.43. The number of hydrogen-bond donors (Lipinski definition) is 1. The fraction of sp³-hybridized carbons (Fsp3) is 0.526. The summed E-state index contributed by atoms with van der Waals surface area (Å²) in [6.07, 6.45) is 8.30. The van der Waals surface area contributed by atoms with Gasteiger partial charge in [0.2, 0.25) is 0 Å². The topological polar surface area (TPSA) is 68.6 Å². The van der Waals surface area contributed by atoms with Crippen LogP contribution in [0, 0.1) is 0 Å². The molecule has 0 saturated carbocycles. The Kier molecular flexibility index (Phi) is 4.66. The van der Waals surface area contributed by atoms with Crippen LogP contribution in [0.1, 0.15) is 24.1 Å². The van der Waals surface area contributed by atoms with Gasteiger partial charge in [0.05, 0.1) is 0 Å². The van der Waals surface area contributed by atoms with Crippen molar-refractivity contribution in [2.75, 3.05) is 6.61 Å². The molecule has 0 aromatic carbocycles. The Morgan fingerprint density at radius 1 is 1.15 bits per heavy atom. The average molecular weight is 370 g/mol. The minimum atomic E-state index is -1.06. The van der Waals surface area contributed by atoms with Crippen LogP contribution in [0.5, 0.6) is 0 Å². The van der Waals surface area contributed by atoms with E-state index in [2.05, 4.69) is 50.4 Å². The van der Waals surface area contributed by atoms with E-state index in [0.29, 0.717) is 6.73 Å². The Labute approximate surface area is 155 Å². The molecule has 0 spiro atoms. The molecular formula is C19H27N5OSi. The number of nitrogens with one attached hydrogen (secondary N) is 1. The third-order valence-corrected chi connectivity index (χ3v) is 6.77. The van der Waals surface area contributed by atoms with Gasteiger partial charge in [-0.05, 0) is 37.8 Å². The van der Waals surface area contributed by atoms with E-state index in [9.17, 15) is 0 Å². The highest BCUT2D eigenvalue weighted by molar-refractivity contribution is 6.76. The van der Waals surface area contributed by atoms with Gasteiger partial charge in [0.15, 0.2) is 0 Å². The summed E-state index contributed by atoms with van der Waals surface area (Å²) in [5, 5.41) is 8.84. The second-order valence-electron chi connectivity index (χ2n) is 8.33. The number of aromatic nitrogens is 5. The SMILES string of the molecule is C[Si](C)(C)CCOCn1ccc2c(-c3n[nH]c4c3CCCC4)ncnc21. The zero-order valence-corrected chi connectivity index (χ0v) is 16.9.